The van der Waals surface area contributed by atoms with E-state index < -0.39 is 0 Å². The van der Waals surface area contributed by atoms with Crippen LogP contribution >= 0.6 is 0 Å². The van der Waals surface area contributed by atoms with Gasteiger partial charge in [-0.2, -0.15) is 0 Å². The Morgan fingerprint density at radius 3 is 2.72 bits per heavy atom. The van der Waals surface area contributed by atoms with Crippen molar-refractivity contribution in [2.75, 3.05) is 0 Å². The van der Waals surface area contributed by atoms with Gasteiger partial charge in [-0.05, 0) is 57.0 Å². The summed E-state index contributed by atoms with van der Waals surface area (Å²) in [5.41, 5.74) is 4.40. The van der Waals surface area contributed by atoms with E-state index in [9.17, 15) is 0 Å². The molecule has 0 aliphatic carbocycles. The third-order valence-electron chi connectivity index (χ3n) is 3.56. The summed E-state index contributed by atoms with van der Waals surface area (Å²) in [5.74, 6) is 0.950. The minimum atomic E-state index is -0.230. The maximum absolute atomic E-state index is 6.01. The molecule has 0 atom stereocenters. The van der Waals surface area contributed by atoms with Gasteiger partial charge in [0, 0.05) is 17.1 Å². The van der Waals surface area contributed by atoms with E-state index in [1.165, 1.54) is 16.5 Å². The summed E-state index contributed by atoms with van der Waals surface area (Å²) in [6.45, 7) is 8.36. The largest absolute Gasteiger partial charge is 0.483 e. The molecule has 18 heavy (non-hydrogen) atoms. The minimum Gasteiger partial charge on any atom is -0.483 e. The second-order valence-corrected chi connectivity index (χ2v) is 5.51. The second-order valence-electron chi connectivity index (χ2n) is 5.51. The predicted octanol–water partition coefficient (Wildman–Crippen LogP) is 4.04. The molecule has 0 saturated carbocycles. The van der Waals surface area contributed by atoms with Gasteiger partial charge in [0.05, 0.1) is 5.52 Å². The fourth-order valence-electron chi connectivity index (χ4n) is 2.29. The van der Waals surface area contributed by atoms with Gasteiger partial charge in [-0.25, -0.2) is 0 Å². The Kier molecular flexibility index (Phi) is 2.24. The van der Waals surface area contributed by atoms with Gasteiger partial charge in [0.15, 0.2) is 0 Å². The van der Waals surface area contributed by atoms with E-state index in [-0.39, 0.29) is 5.60 Å². The van der Waals surface area contributed by atoms with Crippen LogP contribution in [0.2, 0.25) is 0 Å². The zero-order chi connectivity index (χ0) is 12.9. The molecule has 1 aromatic heterocycles. The van der Waals surface area contributed by atoms with Gasteiger partial charge in [0.25, 0.3) is 0 Å². The summed E-state index contributed by atoms with van der Waals surface area (Å²) in [6, 6.07) is 4.22. The molecule has 2 aromatic rings. The summed E-state index contributed by atoms with van der Waals surface area (Å²) in [5, 5.41) is 1.18. The fraction of sp³-hybridized carbons (Fsp3) is 0.312. The third-order valence-corrected chi connectivity index (χ3v) is 3.56. The van der Waals surface area contributed by atoms with Gasteiger partial charge in [0.1, 0.15) is 11.4 Å². The van der Waals surface area contributed by atoms with Crippen LogP contribution in [0.3, 0.4) is 0 Å². The molecule has 0 saturated heterocycles. The van der Waals surface area contributed by atoms with Gasteiger partial charge in [-0.3, -0.25) is 4.98 Å². The molecule has 0 bridgehead atoms. The molecule has 1 aliphatic heterocycles. The predicted molar refractivity (Wildman–Crippen MR) is 75.0 cm³/mol. The first-order valence-electron chi connectivity index (χ1n) is 6.24. The van der Waals surface area contributed by atoms with Crippen LogP contribution in [0, 0.1) is 13.8 Å². The lowest BCUT2D eigenvalue weighted by Gasteiger charge is -2.28. The molecule has 0 radical (unpaired) electrons. The molecule has 1 aromatic carbocycles. The normalized spacial score (nSPS) is 16.4. The quantitative estimate of drug-likeness (QED) is 0.692. The van der Waals surface area contributed by atoms with Crippen molar-refractivity contribution in [2.45, 2.75) is 33.3 Å². The number of aromatic nitrogens is 1. The molecule has 0 N–H and O–H groups in total. The molecule has 2 heteroatoms. The van der Waals surface area contributed by atoms with Crippen LogP contribution in [-0.2, 0) is 0 Å². The van der Waals surface area contributed by atoms with Gasteiger partial charge < -0.3 is 4.74 Å². The zero-order valence-electron chi connectivity index (χ0n) is 11.2. The number of hydrogen-bond acceptors (Lipinski definition) is 2. The van der Waals surface area contributed by atoms with Gasteiger partial charge in [-0.1, -0.05) is 6.08 Å². The van der Waals surface area contributed by atoms with Crippen LogP contribution in [0.4, 0.5) is 0 Å². The number of nitrogens with zero attached hydrogens (tertiary/aromatic N) is 1. The third kappa shape index (κ3) is 1.69. The first-order chi connectivity index (χ1) is 8.46. The molecule has 0 unspecified atom stereocenters. The summed E-state index contributed by atoms with van der Waals surface area (Å²) in [4.78, 5) is 4.50. The van der Waals surface area contributed by atoms with Gasteiger partial charge in [0.2, 0.25) is 0 Å². The summed E-state index contributed by atoms with van der Waals surface area (Å²) >= 11 is 0. The number of aryl methyl sites for hydroxylation is 2. The highest BCUT2D eigenvalue weighted by atomic mass is 16.5. The number of pyridine rings is 1. The maximum Gasteiger partial charge on any atom is 0.128 e. The van der Waals surface area contributed by atoms with Crippen molar-refractivity contribution in [3.8, 4) is 5.75 Å². The monoisotopic (exact) mass is 239 g/mol. The topological polar surface area (TPSA) is 22.1 Å². The Labute approximate surface area is 107 Å². The van der Waals surface area contributed by atoms with Crippen molar-refractivity contribution in [1.29, 1.82) is 0 Å². The molecule has 2 nitrogen and oxygen atoms in total. The molecule has 2 heterocycles. The van der Waals surface area contributed by atoms with E-state index in [2.05, 4.69) is 57.0 Å². The molecule has 0 amide bonds. The van der Waals surface area contributed by atoms with Crippen LogP contribution in [0.25, 0.3) is 17.0 Å². The van der Waals surface area contributed by atoms with E-state index >= 15 is 0 Å². The van der Waals surface area contributed by atoms with Crippen LogP contribution in [0.5, 0.6) is 5.75 Å². The van der Waals surface area contributed by atoms with Crippen molar-refractivity contribution in [3.63, 3.8) is 0 Å². The lowest BCUT2D eigenvalue weighted by Crippen LogP contribution is -2.27. The van der Waals surface area contributed by atoms with E-state index in [0.29, 0.717) is 0 Å². The van der Waals surface area contributed by atoms with Crippen molar-refractivity contribution in [2.24, 2.45) is 0 Å². The first kappa shape index (κ1) is 11.3. The number of ether oxygens (including phenoxy) is 1. The molecule has 92 valence electrons. The van der Waals surface area contributed by atoms with E-state index in [1.807, 2.05) is 6.20 Å². The Bertz CT molecular complexity index is 668. The van der Waals surface area contributed by atoms with E-state index in [4.69, 9.17) is 4.74 Å². The minimum absolute atomic E-state index is 0.230. The first-order valence-corrected chi connectivity index (χ1v) is 6.24. The van der Waals surface area contributed by atoms with Gasteiger partial charge >= 0.3 is 0 Å². The van der Waals surface area contributed by atoms with Crippen LogP contribution in [0.1, 0.15) is 30.5 Å². The Balaban J connectivity index is 2.28. The Morgan fingerprint density at radius 1 is 1.17 bits per heavy atom. The second kappa shape index (κ2) is 3.58. The van der Waals surface area contributed by atoms with Crippen LogP contribution in [-0.4, -0.2) is 10.6 Å². The molecule has 0 spiro atoms. The number of rotatable bonds is 0. The average molecular weight is 239 g/mol. The average Bonchev–Trinajstić information content (AvgIpc) is 2.31. The van der Waals surface area contributed by atoms with Crippen LogP contribution in [0.15, 0.2) is 24.4 Å². The SMILES string of the molecule is Cc1cnc2cc3c(cc2c1C)OC(C)(C)C=C3. The molecule has 1 aliphatic rings. The Morgan fingerprint density at radius 2 is 1.94 bits per heavy atom. The summed E-state index contributed by atoms with van der Waals surface area (Å²) in [6.07, 6.45) is 6.14. The molecular formula is C16H17NO. The van der Waals surface area contributed by atoms with Crippen LogP contribution < -0.4 is 4.74 Å². The highest BCUT2D eigenvalue weighted by Crippen LogP contribution is 2.34. The molecule has 3 rings (SSSR count). The van der Waals surface area contributed by atoms with Crippen molar-refractivity contribution >= 4 is 17.0 Å². The number of benzene rings is 1. The smallest absolute Gasteiger partial charge is 0.128 e. The highest BCUT2D eigenvalue weighted by Gasteiger charge is 2.22. The van der Waals surface area contributed by atoms with E-state index in [1.54, 1.807) is 0 Å². The summed E-state index contributed by atoms with van der Waals surface area (Å²) in [7, 11) is 0. The highest BCUT2D eigenvalue weighted by molar-refractivity contribution is 5.87. The zero-order valence-corrected chi connectivity index (χ0v) is 11.2. The van der Waals surface area contributed by atoms with E-state index in [0.717, 1.165) is 16.8 Å². The van der Waals surface area contributed by atoms with Gasteiger partial charge in [-0.15, -0.1) is 0 Å². The van der Waals surface area contributed by atoms with Crippen molar-refractivity contribution < 1.29 is 4.74 Å². The molecular weight excluding hydrogens is 222 g/mol. The van der Waals surface area contributed by atoms with Crippen molar-refractivity contribution in [1.82, 2.24) is 4.98 Å². The fourth-order valence-corrected chi connectivity index (χ4v) is 2.29. The number of fused-ring (bicyclic) bond motifs is 2. The molecule has 0 fully saturated rings. The summed E-state index contributed by atoms with van der Waals surface area (Å²) < 4.78 is 6.01. The lowest BCUT2D eigenvalue weighted by molar-refractivity contribution is 0.159. The number of hydrogen-bond donors (Lipinski definition) is 0. The van der Waals surface area contributed by atoms with Crippen molar-refractivity contribution in [3.05, 3.63) is 41.1 Å². The lowest BCUT2D eigenvalue weighted by atomic mass is 9.99. The Hall–Kier alpha value is -1.83. The maximum atomic E-state index is 6.01. The standard InChI is InChI=1S/C16H17NO/c1-10-9-17-14-7-12-5-6-16(3,4)18-15(12)8-13(14)11(10)2/h5-9H,1-4H3.